The predicted molar refractivity (Wildman–Crippen MR) is 87.2 cm³/mol. The van der Waals surface area contributed by atoms with Gasteiger partial charge in [0.25, 0.3) is 0 Å². The van der Waals surface area contributed by atoms with Gasteiger partial charge in [-0.2, -0.15) is 0 Å². The third-order valence-electron chi connectivity index (χ3n) is 4.40. The number of nitrogens with zero attached hydrogens (tertiary/aromatic N) is 1. The van der Waals surface area contributed by atoms with Crippen molar-refractivity contribution in [3.05, 3.63) is 12.3 Å². The molecule has 2 amide bonds. The number of nitrogens with one attached hydrogen (secondary N) is 1. The van der Waals surface area contributed by atoms with Gasteiger partial charge in [0, 0.05) is 12.1 Å². The van der Waals surface area contributed by atoms with Crippen LogP contribution in [0.25, 0.3) is 0 Å². The van der Waals surface area contributed by atoms with Crippen molar-refractivity contribution < 1.29 is 19.7 Å². The van der Waals surface area contributed by atoms with E-state index in [1.807, 2.05) is 0 Å². The van der Waals surface area contributed by atoms with Crippen LogP contribution in [-0.2, 0) is 4.74 Å². The van der Waals surface area contributed by atoms with Gasteiger partial charge in [0.2, 0.25) is 0 Å². The highest BCUT2D eigenvalue weighted by Crippen LogP contribution is 2.44. The zero-order chi connectivity index (χ0) is 17.6. The molecule has 1 saturated heterocycles. The van der Waals surface area contributed by atoms with Gasteiger partial charge < -0.3 is 20.3 Å². The normalized spacial score (nSPS) is 35.6. The Morgan fingerprint density at radius 2 is 1.83 bits per heavy atom. The average molecular weight is 326 g/mol. The van der Waals surface area contributed by atoms with Crippen LogP contribution in [0.4, 0.5) is 4.79 Å². The lowest BCUT2D eigenvalue weighted by atomic mass is 9.71. The summed E-state index contributed by atoms with van der Waals surface area (Å²) in [5.41, 5.74) is -0.0987. The molecule has 3 N–H and O–H groups in total. The van der Waals surface area contributed by atoms with Crippen LogP contribution in [0.5, 0.6) is 0 Å². The molecule has 0 aromatic heterocycles. The fourth-order valence-electron chi connectivity index (χ4n) is 3.51. The fraction of sp³-hybridized carbons (Fsp3) is 0.824. The topological polar surface area (TPSA) is 82.0 Å². The summed E-state index contributed by atoms with van der Waals surface area (Å²) in [6.45, 7) is 12.7. The number of amides is 2. The third kappa shape index (κ3) is 4.05. The van der Waals surface area contributed by atoms with E-state index in [1.165, 1.54) is 17.2 Å². The zero-order valence-corrected chi connectivity index (χ0v) is 14.9. The Morgan fingerprint density at radius 1 is 1.22 bits per heavy atom. The number of carbonyl (C=O) groups is 1. The molecule has 5 atom stereocenters. The molecule has 6 heteroatoms. The van der Waals surface area contributed by atoms with Crippen molar-refractivity contribution in [3.8, 4) is 0 Å². The van der Waals surface area contributed by atoms with Crippen LogP contribution in [0.15, 0.2) is 12.3 Å². The van der Waals surface area contributed by atoms with Crippen molar-refractivity contribution in [2.24, 2.45) is 16.7 Å². The van der Waals surface area contributed by atoms with Gasteiger partial charge in [0.1, 0.15) is 12.3 Å². The van der Waals surface area contributed by atoms with Crippen LogP contribution in [0, 0.1) is 16.7 Å². The maximum Gasteiger partial charge on any atom is 0.325 e. The number of carbonyl (C=O) groups excluding carboxylic acids is 1. The summed E-state index contributed by atoms with van der Waals surface area (Å²) >= 11 is 0. The Kier molecular flexibility index (Phi) is 4.81. The summed E-state index contributed by atoms with van der Waals surface area (Å²) in [6, 6.07) is -0.465. The number of hydrogen-bond donors (Lipinski definition) is 3. The number of rotatable bonds is 2. The molecule has 2 aliphatic heterocycles. The smallest absolute Gasteiger partial charge is 0.325 e. The Balaban J connectivity index is 2.26. The lowest BCUT2D eigenvalue weighted by Crippen LogP contribution is -2.53. The van der Waals surface area contributed by atoms with Gasteiger partial charge in [-0.15, -0.1) is 0 Å². The zero-order valence-electron chi connectivity index (χ0n) is 14.9. The molecule has 2 heterocycles. The number of urea groups is 1. The van der Waals surface area contributed by atoms with E-state index in [1.54, 1.807) is 0 Å². The highest BCUT2D eigenvalue weighted by Gasteiger charge is 2.52. The second-order valence-electron chi connectivity index (χ2n) is 8.86. The van der Waals surface area contributed by atoms with Crippen molar-refractivity contribution in [2.75, 3.05) is 0 Å². The van der Waals surface area contributed by atoms with Crippen LogP contribution in [0.3, 0.4) is 0 Å². The molecule has 0 spiro atoms. The number of aliphatic hydroxyl groups excluding tert-OH is 2. The number of aliphatic hydroxyl groups is 2. The largest absolute Gasteiger partial charge is 0.388 e. The van der Waals surface area contributed by atoms with Crippen molar-refractivity contribution in [1.82, 2.24) is 10.2 Å². The standard InChI is InChI=1S/C17H30N2O4/c1-16(2,3)9-10-12(17(4,5)6)13(21)14(23-10)19-8-7-11(20)18-15(19)22/h7-8,10-14,20-21H,9H2,1-6H3,(H,18,22)/t10-,11?,12?,13-,14-/m1/s1. The second-order valence-corrected chi connectivity index (χ2v) is 8.86. The minimum absolute atomic E-state index is 0.0545. The summed E-state index contributed by atoms with van der Waals surface area (Å²) in [5.74, 6) is -0.0835. The van der Waals surface area contributed by atoms with Gasteiger partial charge in [-0.05, 0) is 23.3 Å². The van der Waals surface area contributed by atoms with E-state index in [9.17, 15) is 15.0 Å². The van der Waals surface area contributed by atoms with Gasteiger partial charge in [-0.25, -0.2) is 4.79 Å². The molecule has 1 fully saturated rings. The summed E-state index contributed by atoms with van der Waals surface area (Å²) < 4.78 is 6.12. The molecule has 2 rings (SSSR count). The minimum atomic E-state index is -0.999. The molecule has 132 valence electrons. The maximum absolute atomic E-state index is 12.1. The molecule has 2 aliphatic rings. The highest BCUT2D eigenvalue weighted by atomic mass is 16.5. The van der Waals surface area contributed by atoms with Crippen LogP contribution in [0.2, 0.25) is 0 Å². The van der Waals surface area contributed by atoms with Gasteiger partial charge in [-0.3, -0.25) is 4.90 Å². The quantitative estimate of drug-likeness (QED) is 0.725. The summed E-state index contributed by atoms with van der Waals surface area (Å²) in [6.07, 6.45) is 1.08. The lowest BCUT2D eigenvalue weighted by Gasteiger charge is -2.35. The molecule has 0 aromatic rings. The van der Waals surface area contributed by atoms with Crippen LogP contribution in [0.1, 0.15) is 48.0 Å². The number of hydrogen-bond acceptors (Lipinski definition) is 4. The Bertz CT molecular complexity index is 478. The summed E-state index contributed by atoms with van der Waals surface area (Å²) in [5, 5.41) is 22.7. The van der Waals surface area contributed by atoms with Crippen LogP contribution in [-0.4, -0.2) is 45.8 Å². The predicted octanol–water partition coefficient (Wildman–Crippen LogP) is 2.03. The Morgan fingerprint density at radius 3 is 2.30 bits per heavy atom. The van der Waals surface area contributed by atoms with Gasteiger partial charge in [-0.1, -0.05) is 41.5 Å². The molecule has 2 unspecified atom stereocenters. The number of ether oxygens (including phenoxy) is 1. The Labute approximate surface area is 138 Å². The second kappa shape index (κ2) is 6.07. The Hall–Kier alpha value is -1.11. The van der Waals surface area contributed by atoms with E-state index in [2.05, 4.69) is 46.9 Å². The van der Waals surface area contributed by atoms with Crippen molar-refractivity contribution in [3.63, 3.8) is 0 Å². The monoisotopic (exact) mass is 326 g/mol. The van der Waals surface area contributed by atoms with E-state index < -0.39 is 24.6 Å². The molecule has 0 aliphatic carbocycles. The first-order chi connectivity index (χ1) is 10.4. The molecule has 0 aromatic carbocycles. The molecular weight excluding hydrogens is 296 g/mol. The molecule has 23 heavy (non-hydrogen) atoms. The van der Waals surface area contributed by atoms with Crippen molar-refractivity contribution >= 4 is 6.03 Å². The molecule has 0 saturated carbocycles. The van der Waals surface area contributed by atoms with E-state index in [-0.39, 0.29) is 22.9 Å². The minimum Gasteiger partial charge on any atom is -0.388 e. The van der Waals surface area contributed by atoms with Gasteiger partial charge >= 0.3 is 6.03 Å². The SMILES string of the molecule is CC(C)(C)C[C@H]1O[C@@H](N2C=CC(O)NC2=O)[C@H](O)C1C(C)(C)C. The van der Waals surface area contributed by atoms with Gasteiger partial charge in [0.05, 0.1) is 6.10 Å². The highest BCUT2D eigenvalue weighted by molar-refractivity contribution is 5.77. The average Bonchev–Trinajstić information content (AvgIpc) is 2.63. The summed E-state index contributed by atoms with van der Waals surface area (Å²) in [4.78, 5) is 13.4. The van der Waals surface area contributed by atoms with Crippen LogP contribution < -0.4 is 5.32 Å². The van der Waals surface area contributed by atoms with E-state index in [0.29, 0.717) is 0 Å². The first-order valence-corrected chi connectivity index (χ1v) is 8.19. The molecule has 0 bridgehead atoms. The first kappa shape index (κ1) is 18.2. The molecule has 6 nitrogen and oxygen atoms in total. The molecule has 0 radical (unpaired) electrons. The van der Waals surface area contributed by atoms with E-state index >= 15 is 0 Å². The molecular formula is C17H30N2O4. The van der Waals surface area contributed by atoms with Crippen molar-refractivity contribution in [2.45, 2.75) is 72.6 Å². The first-order valence-electron chi connectivity index (χ1n) is 8.19. The fourth-order valence-corrected chi connectivity index (χ4v) is 3.51. The van der Waals surface area contributed by atoms with Crippen molar-refractivity contribution in [1.29, 1.82) is 0 Å². The van der Waals surface area contributed by atoms with Gasteiger partial charge in [0.15, 0.2) is 6.23 Å². The lowest BCUT2D eigenvalue weighted by molar-refractivity contribution is -0.0637. The third-order valence-corrected chi connectivity index (χ3v) is 4.40. The summed E-state index contributed by atoms with van der Waals surface area (Å²) in [7, 11) is 0. The maximum atomic E-state index is 12.1. The van der Waals surface area contributed by atoms with Crippen LogP contribution >= 0.6 is 0 Å². The van der Waals surface area contributed by atoms with E-state index in [4.69, 9.17) is 4.74 Å². The van der Waals surface area contributed by atoms with E-state index in [0.717, 1.165) is 6.42 Å².